The highest BCUT2D eigenvalue weighted by atomic mass is 32.2. The number of thioether (sulfide) groups is 1. The van der Waals surface area contributed by atoms with E-state index in [2.05, 4.69) is 5.32 Å². The molecule has 34 heavy (non-hydrogen) atoms. The Kier molecular flexibility index (Phi) is 6.92. The van der Waals surface area contributed by atoms with Gasteiger partial charge in [-0.15, -0.1) is 0 Å². The molecule has 0 saturated heterocycles. The number of amides is 2. The highest BCUT2D eigenvalue weighted by molar-refractivity contribution is 8.15. The number of para-hydroxylation sites is 1. The predicted octanol–water partition coefficient (Wildman–Crippen LogP) is 4.47. The molecule has 2 atom stereocenters. The van der Waals surface area contributed by atoms with Gasteiger partial charge in [-0.25, -0.2) is 9.89 Å². The topological polar surface area (TPSA) is 92.6 Å². The number of benzene rings is 2. The third-order valence-corrected chi connectivity index (χ3v) is 7.02. The van der Waals surface area contributed by atoms with Crippen LogP contribution in [0.25, 0.3) is 0 Å². The quantitative estimate of drug-likeness (QED) is 0.631. The van der Waals surface area contributed by atoms with E-state index in [1.165, 1.54) is 18.9 Å². The number of fused-ring (bicyclic) bond motifs is 3. The summed E-state index contributed by atoms with van der Waals surface area (Å²) >= 11 is 1.27. The molecule has 0 spiro atoms. The Morgan fingerprint density at radius 3 is 2.62 bits per heavy atom. The van der Waals surface area contributed by atoms with Gasteiger partial charge in [-0.1, -0.05) is 44.7 Å². The van der Waals surface area contributed by atoms with Gasteiger partial charge in [-0.3, -0.25) is 14.6 Å². The van der Waals surface area contributed by atoms with E-state index in [9.17, 15) is 9.59 Å². The van der Waals surface area contributed by atoms with E-state index in [0.29, 0.717) is 34.6 Å². The molecule has 0 fully saturated rings. The number of carbonyl (C=O) groups is 2. The number of anilines is 1. The highest BCUT2D eigenvalue weighted by Crippen LogP contribution is 2.37. The van der Waals surface area contributed by atoms with Gasteiger partial charge < -0.3 is 14.8 Å². The normalized spacial score (nSPS) is 17.5. The second kappa shape index (κ2) is 9.89. The van der Waals surface area contributed by atoms with E-state index >= 15 is 0 Å². The van der Waals surface area contributed by atoms with E-state index in [0.717, 1.165) is 11.3 Å². The summed E-state index contributed by atoms with van der Waals surface area (Å²) in [5.41, 5.74) is 2.11. The fourth-order valence-electron chi connectivity index (χ4n) is 3.85. The van der Waals surface area contributed by atoms with Crippen LogP contribution in [0.1, 0.15) is 32.8 Å². The number of hydrogen-bond acceptors (Lipinski definition) is 7. The summed E-state index contributed by atoms with van der Waals surface area (Å²) in [5.74, 6) is 1.47. The number of nitrogens with zero attached hydrogens (tertiary/aromatic N) is 3. The lowest BCUT2D eigenvalue weighted by molar-refractivity contribution is -0.125. The molecule has 1 N–H and O–H groups in total. The third-order valence-electron chi connectivity index (χ3n) is 5.71. The van der Waals surface area contributed by atoms with Crippen molar-refractivity contribution in [3.63, 3.8) is 0 Å². The minimum atomic E-state index is -0.483. The molecule has 4 rings (SSSR count). The van der Waals surface area contributed by atoms with E-state index in [1.807, 2.05) is 45.0 Å². The van der Waals surface area contributed by atoms with E-state index < -0.39 is 11.3 Å². The Hall–Kier alpha value is -3.33. The fourth-order valence-corrected chi connectivity index (χ4v) is 4.87. The molecule has 0 saturated carbocycles. The summed E-state index contributed by atoms with van der Waals surface area (Å²) in [6.45, 7) is 5.88. The Balaban J connectivity index is 1.61. The first-order valence-electron chi connectivity index (χ1n) is 11.2. The molecule has 2 amide bonds. The van der Waals surface area contributed by atoms with Crippen molar-refractivity contribution in [1.82, 2.24) is 4.90 Å². The summed E-state index contributed by atoms with van der Waals surface area (Å²) < 4.78 is 10.6. The zero-order valence-corrected chi connectivity index (χ0v) is 20.7. The average molecular weight is 481 g/mol. The van der Waals surface area contributed by atoms with E-state index in [-0.39, 0.29) is 17.7 Å². The molecule has 178 valence electrons. The van der Waals surface area contributed by atoms with Crippen LogP contribution in [0.5, 0.6) is 11.5 Å². The minimum absolute atomic E-state index is 0.0526. The smallest absolute Gasteiger partial charge is 0.259 e. The summed E-state index contributed by atoms with van der Waals surface area (Å²) in [4.78, 5) is 37.5. The van der Waals surface area contributed by atoms with Crippen LogP contribution in [0.3, 0.4) is 0 Å². The molecule has 0 aromatic heterocycles. The van der Waals surface area contributed by atoms with Crippen LogP contribution in [0.2, 0.25) is 0 Å². The maximum absolute atomic E-state index is 13.3. The molecular weight excluding hydrogens is 452 g/mol. The molecule has 2 heterocycles. The Bertz CT molecular complexity index is 1180. The lowest BCUT2D eigenvalue weighted by atomic mass is 10.1. The van der Waals surface area contributed by atoms with Gasteiger partial charge in [0.2, 0.25) is 5.91 Å². The fraction of sp³-hybridized carbons (Fsp3) is 0.360. The molecule has 2 aliphatic heterocycles. The molecular formula is C25H28N4O4S. The van der Waals surface area contributed by atoms with Crippen LogP contribution in [0.4, 0.5) is 11.4 Å². The first-order chi connectivity index (χ1) is 16.4. The lowest BCUT2D eigenvalue weighted by Crippen LogP contribution is -2.43. The van der Waals surface area contributed by atoms with Crippen molar-refractivity contribution >= 4 is 46.0 Å². The zero-order valence-electron chi connectivity index (χ0n) is 19.9. The van der Waals surface area contributed by atoms with Crippen molar-refractivity contribution < 1.29 is 19.1 Å². The molecule has 0 bridgehead atoms. The SMILES string of the molecule is CC[C@@H](SC1=Nc2ccccc2C2=N[C@@H](C(C)C)C(=O)N12)C(=O)Nc1ccc(OC)cc1OC. The van der Waals surface area contributed by atoms with Crippen LogP contribution in [-0.4, -0.2) is 53.2 Å². The largest absolute Gasteiger partial charge is 0.497 e. The standard InChI is InChI=1S/C25H28N4O4S/c1-6-20(23(30)26-18-12-11-15(32-4)13-19(18)33-5)34-25-27-17-10-8-7-9-16(17)22-28-21(14(2)3)24(31)29(22)25/h7-14,20-21H,6H2,1-5H3,(H,26,30)/t20-,21+/m1/s1. The van der Waals surface area contributed by atoms with Crippen molar-refractivity contribution in [3.05, 3.63) is 48.0 Å². The minimum Gasteiger partial charge on any atom is -0.497 e. The number of rotatable bonds is 7. The first-order valence-corrected chi connectivity index (χ1v) is 12.0. The Morgan fingerprint density at radius 1 is 1.18 bits per heavy atom. The predicted molar refractivity (Wildman–Crippen MR) is 135 cm³/mol. The number of hydrogen-bond donors (Lipinski definition) is 1. The van der Waals surface area contributed by atoms with Crippen molar-refractivity contribution in [2.75, 3.05) is 19.5 Å². The van der Waals surface area contributed by atoms with Crippen molar-refractivity contribution in [1.29, 1.82) is 0 Å². The van der Waals surface area contributed by atoms with Crippen LogP contribution >= 0.6 is 11.8 Å². The molecule has 2 aliphatic rings. The lowest BCUT2D eigenvalue weighted by Gasteiger charge is -2.27. The van der Waals surface area contributed by atoms with Crippen molar-refractivity contribution in [3.8, 4) is 11.5 Å². The number of ether oxygens (including phenoxy) is 2. The first kappa shape index (κ1) is 23.8. The zero-order chi connectivity index (χ0) is 24.4. The molecule has 0 unspecified atom stereocenters. The van der Waals surface area contributed by atoms with Crippen molar-refractivity contribution in [2.45, 2.75) is 38.5 Å². The average Bonchev–Trinajstić information content (AvgIpc) is 3.20. The third kappa shape index (κ3) is 4.40. The van der Waals surface area contributed by atoms with Crippen LogP contribution < -0.4 is 14.8 Å². The van der Waals surface area contributed by atoms with Gasteiger partial charge in [0.15, 0.2) is 5.17 Å². The summed E-state index contributed by atoms with van der Waals surface area (Å²) in [6.07, 6.45) is 0.539. The van der Waals surface area contributed by atoms with Gasteiger partial charge in [-0.05, 0) is 36.6 Å². The maximum atomic E-state index is 13.3. The number of aliphatic imine (C=N–C) groups is 2. The summed E-state index contributed by atoms with van der Waals surface area (Å²) in [6, 6.07) is 12.4. The molecule has 0 aliphatic carbocycles. The number of nitrogens with one attached hydrogen (secondary N) is 1. The molecule has 2 aromatic carbocycles. The number of carbonyl (C=O) groups excluding carboxylic acids is 2. The van der Waals surface area contributed by atoms with Crippen molar-refractivity contribution in [2.24, 2.45) is 15.9 Å². The van der Waals surface area contributed by atoms with E-state index in [1.54, 1.807) is 30.2 Å². The second-order valence-electron chi connectivity index (χ2n) is 8.30. The van der Waals surface area contributed by atoms with Crippen LogP contribution in [0.15, 0.2) is 52.4 Å². The molecule has 8 nitrogen and oxygen atoms in total. The molecule has 0 radical (unpaired) electrons. The van der Waals surface area contributed by atoms with Gasteiger partial charge in [-0.2, -0.15) is 0 Å². The van der Waals surface area contributed by atoms with Gasteiger partial charge in [0.25, 0.3) is 5.91 Å². The van der Waals surface area contributed by atoms with Gasteiger partial charge in [0.05, 0.1) is 30.8 Å². The number of methoxy groups -OCH3 is 2. The van der Waals surface area contributed by atoms with Gasteiger partial charge >= 0.3 is 0 Å². The monoisotopic (exact) mass is 480 g/mol. The Morgan fingerprint density at radius 2 is 1.94 bits per heavy atom. The Labute approximate surface area is 203 Å². The maximum Gasteiger partial charge on any atom is 0.259 e. The summed E-state index contributed by atoms with van der Waals surface area (Å²) in [7, 11) is 3.11. The van der Waals surface area contributed by atoms with Gasteiger partial charge in [0.1, 0.15) is 23.4 Å². The van der Waals surface area contributed by atoms with Crippen LogP contribution in [-0.2, 0) is 9.59 Å². The molecule has 2 aromatic rings. The second-order valence-corrected chi connectivity index (χ2v) is 9.47. The highest BCUT2D eigenvalue weighted by Gasteiger charge is 2.43. The van der Waals surface area contributed by atoms with E-state index in [4.69, 9.17) is 19.5 Å². The summed E-state index contributed by atoms with van der Waals surface area (Å²) in [5, 5.41) is 2.92. The molecule has 9 heteroatoms. The number of amidine groups is 2. The van der Waals surface area contributed by atoms with Crippen LogP contribution in [0, 0.1) is 5.92 Å². The van der Waals surface area contributed by atoms with Gasteiger partial charge in [0, 0.05) is 11.6 Å².